The molecule has 0 aromatic carbocycles. The van der Waals surface area contributed by atoms with Gasteiger partial charge in [0.05, 0.1) is 17.5 Å². The van der Waals surface area contributed by atoms with E-state index in [2.05, 4.69) is 26.8 Å². The number of aromatic nitrogens is 2. The maximum Gasteiger partial charge on any atom is 0.228 e. The second kappa shape index (κ2) is 8.09. The van der Waals surface area contributed by atoms with Crippen LogP contribution in [0.1, 0.15) is 62.5 Å². The van der Waals surface area contributed by atoms with Gasteiger partial charge < -0.3 is 10.6 Å². The monoisotopic (exact) mass is 470 g/mol. The maximum atomic E-state index is 12.9. The van der Waals surface area contributed by atoms with E-state index in [4.69, 9.17) is 0 Å². The third-order valence-electron chi connectivity index (χ3n) is 7.57. The first-order chi connectivity index (χ1) is 16.0. The number of amidine groups is 1. The molecule has 2 atom stereocenters. The van der Waals surface area contributed by atoms with Crippen LogP contribution >= 0.6 is 0 Å². The largest absolute Gasteiger partial charge is 0.330 e. The van der Waals surface area contributed by atoms with Gasteiger partial charge in [0, 0.05) is 43.2 Å². The molecule has 6 rings (SSSR count). The second-order valence-electron chi connectivity index (χ2n) is 9.91. The summed E-state index contributed by atoms with van der Waals surface area (Å²) in [6, 6.07) is 0.0594. The summed E-state index contributed by atoms with van der Waals surface area (Å²) in [5, 5.41) is 10.6. The number of rotatable bonds is 6. The van der Waals surface area contributed by atoms with E-state index >= 15 is 0 Å². The van der Waals surface area contributed by atoms with Gasteiger partial charge in [0.1, 0.15) is 11.7 Å². The molecule has 0 radical (unpaired) electrons. The summed E-state index contributed by atoms with van der Waals surface area (Å²) in [6.07, 6.45) is 16.4. The molecule has 2 aliphatic carbocycles. The zero-order valence-corrected chi connectivity index (χ0v) is 19.4. The number of hydrogen-bond acceptors (Lipinski definition) is 6. The summed E-state index contributed by atoms with van der Waals surface area (Å²) in [7, 11) is -3.20. The first-order valence-corrected chi connectivity index (χ1v) is 13.6. The van der Waals surface area contributed by atoms with E-state index < -0.39 is 10.0 Å². The van der Waals surface area contributed by atoms with E-state index in [9.17, 15) is 13.2 Å². The molecule has 2 N–H and O–H groups in total. The predicted octanol–water partition coefficient (Wildman–Crippen LogP) is 2.00. The summed E-state index contributed by atoms with van der Waals surface area (Å²) < 4.78 is 29.4. The van der Waals surface area contributed by atoms with Crippen molar-refractivity contribution in [2.24, 2.45) is 16.8 Å². The normalized spacial score (nSPS) is 28.5. The molecule has 2 unspecified atom stereocenters. The van der Waals surface area contributed by atoms with E-state index in [1.807, 2.05) is 23.2 Å². The molecular weight excluding hydrogens is 440 g/mol. The van der Waals surface area contributed by atoms with Crippen molar-refractivity contribution in [3.05, 3.63) is 42.1 Å². The smallest absolute Gasteiger partial charge is 0.228 e. The number of sulfonamides is 1. The van der Waals surface area contributed by atoms with E-state index in [1.54, 1.807) is 10.5 Å². The molecule has 4 heterocycles. The van der Waals surface area contributed by atoms with Crippen molar-refractivity contribution < 1.29 is 13.2 Å². The number of nitrogens with zero attached hydrogens (tertiary/aromatic N) is 4. The Morgan fingerprint density at radius 2 is 1.88 bits per heavy atom. The zero-order chi connectivity index (χ0) is 22.6. The van der Waals surface area contributed by atoms with Crippen LogP contribution in [0.15, 0.2) is 41.6 Å². The number of nitrogens with one attached hydrogen (secondary N) is 2. The number of aliphatic imine (C=N–C) groups is 1. The third-order valence-corrected chi connectivity index (χ3v) is 9.90. The van der Waals surface area contributed by atoms with E-state index in [1.165, 1.54) is 0 Å². The van der Waals surface area contributed by atoms with E-state index in [0.717, 1.165) is 56.3 Å². The minimum absolute atomic E-state index is 0.00848. The maximum absolute atomic E-state index is 12.9. The molecule has 2 saturated carbocycles. The lowest BCUT2D eigenvalue weighted by Crippen LogP contribution is -2.53. The molecule has 0 bridgehead atoms. The molecule has 5 aliphatic rings. The third kappa shape index (κ3) is 3.93. The van der Waals surface area contributed by atoms with Gasteiger partial charge in [-0.2, -0.15) is 9.40 Å². The van der Waals surface area contributed by atoms with Crippen LogP contribution in [0.5, 0.6) is 0 Å². The fourth-order valence-corrected chi connectivity index (χ4v) is 7.42. The number of hydrogen-bond donors (Lipinski definition) is 2. The highest BCUT2D eigenvalue weighted by atomic mass is 32.2. The van der Waals surface area contributed by atoms with Crippen LogP contribution in [0.25, 0.3) is 0 Å². The first kappa shape index (κ1) is 21.1. The summed E-state index contributed by atoms with van der Waals surface area (Å²) in [5.74, 6) is 1.78. The SMILES string of the molecule is O=C(NC1=CC(c2cnn(C3CN(S(=O)(=O)C4CCCCC4)C3)c2)C2C=CN=C2N1)C1CC1. The number of allylic oxidation sites excluding steroid dienone is 1. The highest BCUT2D eigenvalue weighted by molar-refractivity contribution is 7.89. The fourth-order valence-electron chi connectivity index (χ4n) is 5.31. The van der Waals surface area contributed by atoms with Crippen molar-refractivity contribution in [1.29, 1.82) is 0 Å². The predicted molar refractivity (Wildman–Crippen MR) is 124 cm³/mol. The molecule has 0 spiro atoms. The molecule has 1 saturated heterocycles. The molecule has 10 heteroatoms. The Hall–Kier alpha value is -2.46. The Morgan fingerprint density at radius 3 is 2.64 bits per heavy atom. The summed E-state index contributed by atoms with van der Waals surface area (Å²) in [6.45, 7) is 0.974. The minimum atomic E-state index is -3.20. The number of fused-ring (bicyclic) bond motifs is 1. The Labute approximate surface area is 194 Å². The first-order valence-electron chi connectivity index (χ1n) is 12.1. The number of carbonyl (C=O) groups excluding carboxylic acids is 1. The highest BCUT2D eigenvalue weighted by Crippen LogP contribution is 2.36. The van der Waals surface area contributed by atoms with Crippen LogP contribution in [-0.4, -0.2) is 52.6 Å². The van der Waals surface area contributed by atoms with Crippen LogP contribution in [0.3, 0.4) is 0 Å². The molecule has 9 nitrogen and oxygen atoms in total. The Balaban J connectivity index is 1.15. The number of carbonyl (C=O) groups is 1. The molecule has 1 aromatic rings. The van der Waals surface area contributed by atoms with Gasteiger partial charge in [-0.1, -0.05) is 25.3 Å². The van der Waals surface area contributed by atoms with Crippen molar-refractivity contribution in [2.75, 3.05) is 13.1 Å². The molecule has 3 fully saturated rings. The fraction of sp³-hybridized carbons (Fsp3) is 0.609. The Kier molecular flexibility index (Phi) is 5.17. The summed E-state index contributed by atoms with van der Waals surface area (Å²) in [5.41, 5.74) is 1.03. The lowest BCUT2D eigenvalue weighted by Gasteiger charge is -2.40. The molecular formula is C23H30N6O3S. The van der Waals surface area contributed by atoms with Crippen LogP contribution in [0.4, 0.5) is 0 Å². The van der Waals surface area contributed by atoms with Crippen molar-refractivity contribution in [1.82, 2.24) is 24.7 Å². The molecule has 1 aromatic heterocycles. The van der Waals surface area contributed by atoms with Gasteiger partial charge in [-0.05, 0) is 37.3 Å². The number of amides is 1. The standard InChI is InChI=1S/C23H30N6O3S/c30-23(15-6-7-15)27-21-10-20(19-8-9-24-22(19)26-21)16-11-25-29(12-16)17-13-28(14-17)33(31,32)18-4-2-1-3-5-18/h8-12,15,17-20H,1-7,13-14H2,(H,24,26)(H,27,30). The lowest BCUT2D eigenvalue weighted by atomic mass is 9.85. The van der Waals surface area contributed by atoms with Crippen molar-refractivity contribution >= 4 is 21.8 Å². The molecule has 1 amide bonds. The van der Waals surface area contributed by atoms with Gasteiger partial charge in [0.25, 0.3) is 0 Å². The topological polar surface area (TPSA) is 109 Å². The van der Waals surface area contributed by atoms with Crippen molar-refractivity contribution in [2.45, 2.75) is 62.2 Å². The average Bonchev–Trinajstić information content (AvgIpc) is 3.34. The van der Waals surface area contributed by atoms with Gasteiger partial charge in [-0.3, -0.25) is 9.48 Å². The summed E-state index contributed by atoms with van der Waals surface area (Å²) >= 11 is 0. The quantitative estimate of drug-likeness (QED) is 0.661. The molecule has 176 valence electrons. The van der Waals surface area contributed by atoms with Gasteiger partial charge in [-0.15, -0.1) is 0 Å². The highest BCUT2D eigenvalue weighted by Gasteiger charge is 2.42. The van der Waals surface area contributed by atoms with Crippen molar-refractivity contribution in [3.63, 3.8) is 0 Å². The van der Waals surface area contributed by atoms with Crippen LogP contribution in [0, 0.1) is 11.8 Å². The van der Waals surface area contributed by atoms with Gasteiger partial charge in [-0.25, -0.2) is 13.4 Å². The van der Waals surface area contributed by atoms with Crippen LogP contribution < -0.4 is 10.6 Å². The Morgan fingerprint density at radius 1 is 1.09 bits per heavy atom. The summed E-state index contributed by atoms with van der Waals surface area (Å²) in [4.78, 5) is 16.7. The zero-order valence-electron chi connectivity index (χ0n) is 18.6. The molecule has 33 heavy (non-hydrogen) atoms. The van der Waals surface area contributed by atoms with Gasteiger partial charge in [0.2, 0.25) is 15.9 Å². The minimum Gasteiger partial charge on any atom is -0.330 e. The van der Waals surface area contributed by atoms with Crippen LogP contribution in [0.2, 0.25) is 0 Å². The van der Waals surface area contributed by atoms with E-state index in [-0.39, 0.29) is 35.0 Å². The van der Waals surface area contributed by atoms with Gasteiger partial charge in [0.15, 0.2) is 0 Å². The van der Waals surface area contributed by atoms with Crippen molar-refractivity contribution in [3.8, 4) is 0 Å². The Bertz CT molecular complexity index is 1140. The second-order valence-corrected chi connectivity index (χ2v) is 12.1. The van der Waals surface area contributed by atoms with E-state index in [0.29, 0.717) is 18.9 Å². The average molecular weight is 471 g/mol. The lowest BCUT2D eigenvalue weighted by molar-refractivity contribution is -0.121. The van der Waals surface area contributed by atoms with Gasteiger partial charge >= 0.3 is 0 Å². The van der Waals surface area contributed by atoms with Crippen LogP contribution in [-0.2, 0) is 14.8 Å². The molecule has 3 aliphatic heterocycles.